The first kappa shape index (κ1) is 12.1. The van der Waals surface area contributed by atoms with E-state index in [1.54, 1.807) is 0 Å². The van der Waals surface area contributed by atoms with Crippen LogP contribution in [0.3, 0.4) is 0 Å². The number of hydrogen-bond acceptors (Lipinski definition) is 4. The van der Waals surface area contributed by atoms with Gasteiger partial charge in [0.2, 0.25) is 0 Å². The summed E-state index contributed by atoms with van der Waals surface area (Å²) in [4.78, 5) is 15.3. The summed E-state index contributed by atoms with van der Waals surface area (Å²) < 4.78 is 6.41. The van der Waals surface area contributed by atoms with Gasteiger partial charge >= 0.3 is 6.09 Å². The molecule has 18 heavy (non-hydrogen) atoms. The molecule has 0 saturated heterocycles. The van der Waals surface area contributed by atoms with Crippen molar-refractivity contribution in [3.63, 3.8) is 0 Å². The Hall–Kier alpha value is -2.37. The van der Waals surface area contributed by atoms with Crippen molar-refractivity contribution in [3.8, 4) is 0 Å². The van der Waals surface area contributed by atoms with Crippen LogP contribution in [0.4, 0.5) is 4.79 Å². The number of carbonyl (C=O) groups excluding carboxylic acids is 1. The van der Waals surface area contributed by atoms with Gasteiger partial charge in [-0.3, -0.25) is 0 Å². The van der Waals surface area contributed by atoms with Crippen LogP contribution in [0.1, 0.15) is 18.5 Å². The molecule has 0 unspecified atom stereocenters. The Balaban J connectivity index is 1.80. The summed E-state index contributed by atoms with van der Waals surface area (Å²) in [5.41, 5.74) is 1.02. The molecular weight excluding hydrogens is 232 g/mol. The molecule has 0 aliphatic rings. The molecule has 6 heteroatoms. The zero-order valence-corrected chi connectivity index (χ0v) is 9.98. The van der Waals surface area contributed by atoms with Gasteiger partial charge in [0.25, 0.3) is 0 Å². The third-order valence-electron chi connectivity index (χ3n) is 2.43. The van der Waals surface area contributed by atoms with Gasteiger partial charge < -0.3 is 10.1 Å². The third kappa shape index (κ3) is 3.31. The summed E-state index contributed by atoms with van der Waals surface area (Å²) in [5, 5.41) is 6.56. The molecule has 1 aromatic heterocycles. The van der Waals surface area contributed by atoms with Crippen LogP contribution < -0.4 is 5.32 Å². The molecule has 6 nitrogen and oxygen atoms in total. The first-order valence-electron chi connectivity index (χ1n) is 5.56. The van der Waals surface area contributed by atoms with Gasteiger partial charge in [-0.05, 0) is 12.5 Å². The van der Waals surface area contributed by atoms with Gasteiger partial charge in [0.05, 0.1) is 6.04 Å². The van der Waals surface area contributed by atoms with Crippen molar-refractivity contribution >= 4 is 6.09 Å². The Morgan fingerprint density at radius 2 is 2.22 bits per heavy atom. The first-order chi connectivity index (χ1) is 8.75. The molecule has 0 aliphatic heterocycles. The maximum absolute atomic E-state index is 11.5. The molecule has 94 valence electrons. The van der Waals surface area contributed by atoms with E-state index in [0.717, 1.165) is 5.56 Å². The molecule has 0 aliphatic carbocycles. The van der Waals surface area contributed by atoms with Crippen LogP contribution >= 0.6 is 0 Å². The zero-order chi connectivity index (χ0) is 12.8. The Morgan fingerprint density at radius 1 is 1.44 bits per heavy atom. The maximum atomic E-state index is 11.5. The van der Waals surface area contributed by atoms with E-state index < -0.39 is 6.09 Å². The molecule has 2 rings (SSSR count). The average molecular weight is 246 g/mol. The highest BCUT2D eigenvalue weighted by Gasteiger charge is 2.09. The second-order valence-electron chi connectivity index (χ2n) is 3.77. The van der Waals surface area contributed by atoms with E-state index >= 15 is 0 Å². The highest BCUT2D eigenvalue weighted by Crippen LogP contribution is 2.10. The molecule has 0 spiro atoms. The number of ether oxygens (including phenoxy) is 1. The Kier molecular flexibility index (Phi) is 3.90. The predicted octanol–water partition coefficient (Wildman–Crippen LogP) is 1.72. The standard InChI is InChI=1S/C12H14N4O2/c1-10(11-5-3-2-4-6-11)15-12(17)18-9-16-8-13-7-14-16/h2-8,10H,9H2,1H3,(H,15,17)/t10-/m0/s1. The highest BCUT2D eigenvalue weighted by atomic mass is 16.6. The number of hydrogen-bond donors (Lipinski definition) is 1. The van der Waals surface area contributed by atoms with E-state index in [9.17, 15) is 4.79 Å². The van der Waals surface area contributed by atoms with Crippen LogP contribution in [0.2, 0.25) is 0 Å². The predicted molar refractivity (Wildman–Crippen MR) is 64.5 cm³/mol. The minimum atomic E-state index is -0.484. The maximum Gasteiger partial charge on any atom is 0.409 e. The van der Waals surface area contributed by atoms with Gasteiger partial charge in [0.15, 0.2) is 6.73 Å². The van der Waals surface area contributed by atoms with E-state index in [4.69, 9.17) is 4.74 Å². The second kappa shape index (κ2) is 5.81. The molecule has 0 bridgehead atoms. The summed E-state index contributed by atoms with van der Waals surface area (Å²) in [6.45, 7) is 1.94. The minimum absolute atomic E-state index is 0.0490. The second-order valence-corrected chi connectivity index (χ2v) is 3.77. The number of nitrogens with one attached hydrogen (secondary N) is 1. The molecular formula is C12H14N4O2. The van der Waals surface area contributed by atoms with E-state index in [1.807, 2.05) is 37.3 Å². The number of nitrogens with zero attached hydrogens (tertiary/aromatic N) is 3. The minimum Gasteiger partial charge on any atom is -0.426 e. The molecule has 1 heterocycles. The molecule has 1 atom stereocenters. The van der Waals surface area contributed by atoms with Crippen molar-refractivity contribution in [3.05, 3.63) is 48.5 Å². The van der Waals surface area contributed by atoms with E-state index in [0.29, 0.717) is 0 Å². The molecule has 0 saturated carbocycles. The van der Waals surface area contributed by atoms with Crippen molar-refractivity contribution in [2.24, 2.45) is 0 Å². The molecule has 1 amide bonds. The third-order valence-corrected chi connectivity index (χ3v) is 2.43. The van der Waals surface area contributed by atoms with Crippen LogP contribution in [-0.4, -0.2) is 20.9 Å². The molecule has 0 fully saturated rings. The lowest BCUT2D eigenvalue weighted by atomic mass is 10.1. The summed E-state index contributed by atoms with van der Waals surface area (Å²) in [6.07, 6.45) is 2.38. The van der Waals surface area contributed by atoms with Crippen molar-refractivity contribution in [1.29, 1.82) is 0 Å². The van der Waals surface area contributed by atoms with Gasteiger partial charge in [-0.25, -0.2) is 14.5 Å². The van der Waals surface area contributed by atoms with Crippen molar-refractivity contribution in [1.82, 2.24) is 20.1 Å². The number of rotatable bonds is 4. The summed E-state index contributed by atoms with van der Waals surface area (Å²) >= 11 is 0. The van der Waals surface area contributed by atoms with Gasteiger partial charge in [-0.2, -0.15) is 5.10 Å². The molecule has 1 N–H and O–H groups in total. The van der Waals surface area contributed by atoms with Crippen LogP contribution in [0.25, 0.3) is 0 Å². The van der Waals surface area contributed by atoms with Crippen LogP contribution in [-0.2, 0) is 11.5 Å². The van der Waals surface area contributed by atoms with Crippen molar-refractivity contribution in [2.45, 2.75) is 19.7 Å². The quantitative estimate of drug-likeness (QED) is 0.891. The lowest BCUT2D eigenvalue weighted by molar-refractivity contribution is 0.105. The Morgan fingerprint density at radius 3 is 2.89 bits per heavy atom. The smallest absolute Gasteiger partial charge is 0.409 e. The first-order valence-corrected chi connectivity index (χ1v) is 5.56. The fraction of sp³-hybridized carbons (Fsp3) is 0.250. The molecule has 1 aromatic carbocycles. The number of alkyl carbamates (subject to hydrolysis) is 1. The van der Waals surface area contributed by atoms with Gasteiger partial charge in [-0.15, -0.1) is 0 Å². The lowest BCUT2D eigenvalue weighted by Crippen LogP contribution is -2.28. The van der Waals surface area contributed by atoms with E-state index in [-0.39, 0.29) is 12.8 Å². The van der Waals surface area contributed by atoms with Crippen LogP contribution in [0, 0.1) is 0 Å². The molecule has 2 aromatic rings. The van der Waals surface area contributed by atoms with Crippen LogP contribution in [0.15, 0.2) is 43.0 Å². The fourth-order valence-corrected chi connectivity index (χ4v) is 1.47. The van der Waals surface area contributed by atoms with Gasteiger partial charge in [0.1, 0.15) is 12.7 Å². The molecule has 0 radical (unpaired) electrons. The van der Waals surface area contributed by atoms with Gasteiger partial charge in [-0.1, -0.05) is 30.3 Å². The topological polar surface area (TPSA) is 69.0 Å². The zero-order valence-electron chi connectivity index (χ0n) is 9.98. The van der Waals surface area contributed by atoms with Gasteiger partial charge in [0, 0.05) is 0 Å². The Bertz CT molecular complexity index is 484. The number of aromatic nitrogens is 3. The number of carbonyl (C=O) groups is 1. The van der Waals surface area contributed by atoms with Crippen LogP contribution in [0.5, 0.6) is 0 Å². The fourth-order valence-electron chi connectivity index (χ4n) is 1.47. The SMILES string of the molecule is C[C@H](NC(=O)OCn1cncn1)c1ccccc1. The average Bonchev–Trinajstić information content (AvgIpc) is 2.90. The normalized spacial score (nSPS) is 11.8. The van der Waals surface area contributed by atoms with E-state index in [2.05, 4.69) is 15.4 Å². The monoisotopic (exact) mass is 246 g/mol. The van der Waals surface area contributed by atoms with Crippen molar-refractivity contribution in [2.75, 3.05) is 0 Å². The summed E-state index contributed by atoms with van der Waals surface area (Å²) in [7, 11) is 0. The summed E-state index contributed by atoms with van der Waals surface area (Å²) in [5.74, 6) is 0. The van der Waals surface area contributed by atoms with E-state index in [1.165, 1.54) is 17.3 Å². The lowest BCUT2D eigenvalue weighted by Gasteiger charge is -2.14. The highest BCUT2D eigenvalue weighted by molar-refractivity contribution is 5.67. The summed E-state index contributed by atoms with van der Waals surface area (Å²) in [6, 6.07) is 9.57. The largest absolute Gasteiger partial charge is 0.426 e. The Labute approximate surface area is 105 Å². The number of benzene rings is 1. The number of amides is 1. The van der Waals surface area contributed by atoms with Crippen molar-refractivity contribution < 1.29 is 9.53 Å².